The first-order valence-electron chi connectivity index (χ1n) is 5.36. The summed E-state index contributed by atoms with van der Waals surface area (Å²) in [4.78, 5) is 0.636. The molecule has 0 aliphatic carbocycles. The Morgan fingerprint density at radius 3 is 2.72 bits per heavy atom. The number of nitriles is 1. The maximum Gasteiger partial charge on any atom is 0.138 e. The molecule has 0 aliphatic heterocycles. The van der Waals surface area contributed by atoms with Gasteiger partial charge < -0.3 is 10.8 Å². The average Bonchev–Trinajstić information content (AvgIpc) is 2.70. The van der Waals surface area contributed by atoms with E-state index in [0.29, 0.717) is 23.0 Å². The van der Waals surface area contributed by atoms with Crippen LogP contribution >= 0.6 is 11.8 Å². The molecule has 1 heterocycles. The lowest BCUT2D eigenvalue weighted by atomic mass is 10.1. The molecule has 92 valence electrons. The summed E-state index contributed by atoms with van der Waals surface area (Å²) in [6, 6.07) is 9.53. The molecular weight excluding hydrogens is 248 g/mol. The largest absolute Gasteiger partial charge is 0.394 e. The Balaban J connectivity index is 2.52. The fourth-order valence-corrected chi connectivity index (χ4v) is 2.21. The Hall–Kier alpha value is -1.97. The van der Waals surface area contributed by atoms with Gasteiger partial charge in [-0.15, -0.1) is 0 Å². The maximum absolute atomic E-state index is 8.96. The van der Waals surface area contributed by atoms with Crippen LogP contribution in [0.2, 0.25) is 0 Å². The Morgan fingerprint density at radius 1 is 1.39 bits per heavy atom. The van der Waals surface area contributed by atoms with E-state index in [1.165, 1.54) is 4.68 Å². The van der Waals surface area contributed by atoms with Crippen LogP contribution in [0.1, 0.15) is 0 Å². The Morgan fingerprint density at radius 2 is 2.11 bits per heavy atom. The normalized spacial score (nSPS) is 10.2. The van der Waals surface area contributed by atoms with E-state index >= 15 is 0 Å². The van der Waals surface area contributed by atoms with Crippen LogP contribution < -0.4 is 5.73 Å². The van der Waals surface area contributed by atoms with Crippen LogP contribution in [0.4, 0.5) is 5.82 Å². The highest BCUT2D eigenvalue weighted by molar-refractivity contribution is 8.04. The number of aromatic nitrogens is 2. The van der Waals surface area contributed by atoms with Crippen LogP contribution in [0.25, 0.3) is 11.3 Å². The second kappa shape index (κ2) is 5.58. The van der Waals surface area contributed by atoms with Gasteiger partial charge in [-0.1, -0.05) is 30.3 Å². The number of rotatable bonds is 4. The summed E-state index contributed by atoms with van der Waals surface area (Å²) in [5, 5.41) is 24.1. The van der Waals surface area contributed by atoms with Gasteiger partial charge in [0.1, 0.15) is 16.9 Å². The van der Waals surface area contributed by atoms with Crippen LogP contribution in [0.3, 0.4) is 0 Å². The van der Waals surface area contributed by atoms with Crippen molar-refractivity contribution in [3.63, 3.8) is 0 Å². The van der Waals surface area contributed by atoms with Gasteiger partial charge in [0.25, 0.3) is 0 Å². The second-order valence-corrected chi connectivity index (χ2v) is 4.36. The average molecular weight is 260 g/mol. The summed E-state index contributed by atoms with van der Waals surface area (Å²) < 4.78 is 1.52. The third-order valence-electron chi connectivity index (χ3n) is 2.45. The first-order valence-corrected chi connectivity index (χ1v) is 6.18. The van der Waals surface area contributed by atoms with Crippen LogP contribution in [-0.4, -0.2) is 21.5 Å². The molecule has 0 fully saturated rings. The van der Waals surface area contributed by atoms with Gasteiger partial charge in [-0.2, -0.15) is 10.4 Å². The molecule has 0 saturated carbocycles. The van der Waals surface area contributed by atoms with E-state index in [4.69, 9.17) is 16.1 Å². The minimum absolute atomic E-state index is 0.0449. The fourth-order valence-electron chi connectivity index (χ4n) is 1.65. The minimum atomic E-state index is -0.0449. The molecule has 0 spiro atoms. The zero-order chi connectivity index (χ0) is 13.0. The highest BCUT2D eigenvalue weighted by atomic mass is 32.2. The molecule has 0 atom stereocenters. The highest BCUT2D eigenvalue weighted by Gasteiger charge is 2.17. The van der Waals surface area contributed by atoms with E-state index in [-0.39, 0.29) is 6.61 Å². The number of nitrogen functional groups attached to an aromatic ring is 1. The van der Waals surface area contributed by atoms with Crippen molar-refractivity contribution >= 4 is 17.6 Å². The number of thioether (sulfide) groups is 1. The standard InChI is InChI=1S/C12H12N4OS/c13-8-18-11-10(9-4-2-1-3-5-9)15-16(6-7-17)12(11)14/h1-5,17H,6-7,14H2. The molecule has 2 aromatic rings. The van der Waals surface area contributed by atoms with E-state index < -0.39 is 0 Å². The van der Waals surface area contributed by atoms with Crippen LogP contribution in [0, 0.1) is 10.7 Å². The van der Waals surface area contributed by atoms with Crippen LogP contribution in [-0.2, 0) is 6.54 Å². The van der Waals surface area contributed by atoms with Crippen molar-refractivity contribution < 1.29 is 5.11 Å². The molecular formula is C12H12N4OS. The number of hydrogen-bond acceptors (Lipinski definition) is 5. The van der Waals surface area contributed by atoms with Crippen molar-refractivity contribution in [2.24, 2.45) is 0 Å². The molecule has 3 N–H and O–H groups in total. The molecule has 0 aliphatic rings. The number of nitrogens with two attached hydrogens (primary N) is 1. The molecule has 0 radical (unpaired) electrons. The molecule has 0 bridgehead atoms. The number of nitrogens with zero attached hydrogens (tertiary/aromatic N) is 3. The summed E-state index contributed by atoms with van der Waals surface area (Å²) in [5.74, 6) is 0.412. The highest BCUT2D eigenvalue weighted by Crippen LogP contribution is 2.34. The second-order valence-electron chi connectivity index (χ2n) is 3.57. The Labute approximate surface area is 109 Å². The third-order valence-corrected chi connectivity index (χ3v) is 3.15. The lowest BCUT2D eigenvalue weighted by Crippen LogP contribution is -2.07. The predicted octanol–water partition coefficient (Wildman–Crippen LogP) is 1.70. The Bertz CT molecular complexity index is 574. The third kappa shape index (κ3) is 2.32. The van der Waals surface area contributed by atoms with Gasteiger partial charge in [-0.3, -0.25) is 0 Å². The molecule has 18 heavy (non-hydrogen) atoms. The molecule has 0 unspecified atom stereocenters. The summed E-state index contributed by atoms with van der Waals surface area (Å²) in [6.45, 7) is 0.272. The molecule has 6 heteroatoms. The lowest BCUT2D eigenvalue weighted by molar-refractivity contribution is 0.270. The minimum Gasteiger partial charge on any atom is -0.394 e. The van der Waals surface area contributed by atoms with Crippen LogP contribution in [0.15, 0.2) is 35.2 Å². The molecule has 1 aromatic carbocycles. The van der Waals surface area contributed by atoms with Crippen molar-refractivity contribution in [1.29, 1.82) is 5.26 Å². The zero-order valence-electron chi connectivity index (χ0n) is 9.58. The van der Waals surface area contributed by atoms with E-state index in [2.05, 4.69) is 5.10 Å². The first kappa shape index (κ1) is 12.5. The number of hydrogen-bond donors (Lipinski definition) is 2. The van der Waals surface area contributed by atoms with Crippen molar-refractivity contribution in [1.82, 2.24) is 9.78 Å². The topological polar surface area (TPSA) is 87.9 Å². The SMILES string of the molecule is N#CSc1c(-c2ccccc2)nn(CCO)c1N. The molecule has 2 rings (SSSR count). The van der Waals surface area contributed by atoms with Gasteiger partial charge in [-0.05, 0) is 11.8 Å². The van der Waals surface area contributed by atoms with Crippen molar-refractivity contribution in [3.8, 4) is 16.7 Å². The van der Waals surface area contributed by atoms with Crippen molar-refractivity contribution in [2.75, 3.05) is 12.3 Å². The van der Waals surface area contributed by atoms with Gasteiger partial charge in [-0.25, -0.2) is 4.68 Å². The maximum atomic E-state index is 8.96. The summed E-state index contributed by atoms with van der Waals surface area (Å²) in [5.41, 5.74) is 7.51. The Kier molecular flexibility index (Phi) is 3.87. The van der Waals surface area contributed by atoms with Crippen molar-refractivity contribution in [2.45, 2.75) is 11.4 Å². The number of thiocyanates is 1. The predicted molar refractivity (Wildman–Crippen MR) is 70.6 cm³/mol. The molecule has 1 aromatic heterocycles. The van der Waals surface area contributed by atoms with E-state index in [1.54, 1.807) is 0 Å². The first-order chi connectivity index (χ1) is 8.77. The number of aliphatic hydroxyl groups is 1. The molecule has 5 nitrogen and oxygen atoms in total. The van der Waals surface area contributed by atoms with Crippen molar-refractivity contribution in [3.05, 3.63) is 30.3 Å². The molecule has 0 saturated heterocycles. The monoisotopic (exact) mass is 260 g/mol. The summed E-state index contributed by atoms with van der Waals surface area (Å²) >= 11 is 0.986. The summed E-state index contributed by atoms with van der Waals surface area (Å²) in [6.07, 6.45) is 0. The number of aliphatic hydroxyl groups excluding tert-OH is 1. The fraction of sp³-hybridized carbons (Fsp3) is 0.167. The van der Waals surface area contributed by atoms with Gasteiger partial charge in [0, 0.05) is 5.56 Å². The zero-order valence-corrected chi connectivity index (χ0v) is 10.4. The van der Waals surface area contributed by atoms with E-state index in [0.717, 1.165) is 17.3 Å². The van der Waals surface area contributed by atoms with Gasteiger partial charge in [0.15, 0.2) is 0 Å². The number of benzene rings is 1. The molecule has 0 amide bonds. The van der Waals surface area contributed by atoms with E-state index in [1.807, 2.05) is 35.7 Å². The summed E-state index contributed by atoms with van der Waals surface area (Å²) in [7, 11) is 0. The van der Waals surface area contributed by atoms with Crippen LogP contribution in [0.5, 0.6) is 0 Å². The van der Waals surface area contributed by atoms with Gasteiger partial charge >= 0.3 is 0 Å². The number of anilines is 1. The quantitative estimate of drug-likeness (QED) is 0.645. The van der Waals surface area contributed by atoms with Gasteiger partial charge in [0.05, 0.1) is 18.0 Å². The van der Waals surface area contributed by atoms with Gasteiger partial charge in [0.2, 0.25) is 0 Å². The smallest absolute Gasteiger partial charge is 0.138 e. The van der Waals surface area contributed by atoms with E-state index in [9.17, 15) is 0 Å². The lowest BCUT2D eigenvalue weighted by Gasteiger charge is -1.99.